The number of hydrogen-bond donors (Lipinski definition) is 1. The highest BCUT2D eigenvalue weighted by Gasteiger charge is 2.07. The van der Waals surface area contributed by atoms with Crippen molar-refractivity contribution in [1.82, 2.24) is 24.5 Å². The number of ether oxygens (including phenoxy) is 1. The molecule has 0 unspecified atom stereocenters. The molecule has 0 atom stereocenters. The minimum atomic E-state index is 0.133. The van der Waals surface area contributed by atoms with Gasteiger partial charge in [-0.05, 0) is 12.3 Å². The molecule has 2 aromatic rings. The Morgan fingerprint density at radius 1 is 1.33 bits per heavy atom. The van der Waals surface area contributed by atoms with E-state index >= 15 is 0 Å². The number of nitrogens with two attached hydrogens (primary N) is 1. The highest BCUT2D eigenvalue weighted by Crippen LogP contribution is 2.10. The summed E-state index contributed by atoms with van der Waals surface area (Å²) in [6, 6.07) is 0.242. The fourth-order valence-corrected chi connectivity index (χ4v) is 1.30. The molecule has 2 N–H and O–H groups in total. The summed E-state index contributed by atoms with van der Waals surface area (Å²) < 4.78 is 7.11. The van der Waals surface area contributed by atoms with Gasteiger partial charge >= 0.3 is 6.01 Å². The van der Waals surface area contributed by atoms with E-state index < -0.39 is 0 Å². The van der Waals surface area contributed by atoms with E-state index in [1.54, 1.807) is 23.3 Å². The lowest BCUT2D eigenvalue weighted by atomic mass is 10.1. The molecule has 0 aliphatic carbocycles. The van der Waals surface area contributed by atoms with Gasteiger partial charge in [-0.1, -0.05) is 13.8 Å². The molecule has 0 spiro atoms. The van der Waals surface area contributed by atoms with Crippen LogP contribution in [0.4, 0.5) is 5.95 Å². The zero-order valence-corrected chi connectivity index (χ0v) is 10.4. The topological polar surface area (TPSA) is 91.7 Å². The van der Waals surface area contributed by atoms with Gasteiger partial charge in [0.05, 0.1) is 6.61 Å². The standard InChI is InChI=1S/C11H16N6O/c1-8(2)3-6-18-11-15-9(12)14-10(16-11)17-5-4-13-7-17/h4-5,7-8H,3,6H2,1-2H3,(H2,12,14,15,16). The summed E-state index contributed by atoms with van der Waals surface area (Å²) in [5, 5.41) is 0. The molecule has 0 bridgehead atoms. The molecule has 2 aromatic heterocycles. The third-order valence-electron chi connectivity index (χ3n) is 2.28. The lowest BCUT2D eigenvalue weighted by Crippen LogP contribution is -2.10. The zero-order chi connectivity index (χ0) is 13.0. The summed E-state index contributed by atoms with van der Waals surface area (Å²) in [5.41, 5.74) is 5.62. The molecule has 2 rings (SSSR count). The van der Waals surface area contributed by atoms with Crippen molar-refractivity contribution in [2.24, 2.45) is 5.92 Å². The molecular formula is C11H16N6O. The Morgan fingerprint density at radius 2 is 2.17 bits per heavy atom. The Hall–Kier alpha value is -2.18. The first-order chi connectivity index (χ1) is 8.65. The van der Waals surface area contributed by atoms with Crippen LogP contribution in [0.3, 0.4) is 0 Å². The van der Waals surface area contributed by atoms with Gasteiger partial charge in [0.15, 0.2) is 0 Å². The monoisotopic (exact) mass is 248 g/mol. The predicted octanol–water partition coefficient (Wildman–Crippen LogP) is 1.06. The first-order valence-corrected chi connectivity index (χ1v) is 5.78. The van der Waals surface area contributed by atoms with Gasteiger partial charge in [-0.3, -0.25) is 4.57 Å². The lowest BCUT2D eigenvalue weighted by Gasteiger charge is -2.08. The van der Waals surface area contributed by atoms with E-state index in [1.165, 1.54) is 0 Å². The molecule has 0 amide bonds. The molecule has 0 saturated carbocycles. The second-order valence-corrected chi connectivity index (χ2v) is 4.28. The maximum Gasteiger partial charge on any atom is 0.323 e. The van der Waals surface area contributed by atoms with Gasteiger partial charge in [-0.25, -0.2) is 4.98 Å². The van der Waals surface area contributed by atoms with E-state index in [4.69, 9.17) is 10.5 Å². The average Bonchev–Trinajstić information content (AvgIpc) is 2.81. The van der Waals surface area contributed by atoms with Crippen LogP contribution in [0, 0.1) is 5.92 Å². The molecule has 18 heavy (non-hydrogen) atoms. The normalized spacial score (nSPS) is 10.8. The van der Waals surface area contributed by atoms with Crippen molar-refractivity contribution < 1.29 is 4.74 Å². The molecule has 7 nitrogen and oxygen atoms in total. The highest BCUT2D eigenvalue weighted by molar-refractivity contribution is 5.24. The third-order valence-corrected chi connectivity index (χ3v) is 2.28. The fraction of sp³-hybridized carbons (Fsp3) is 0.455. The van der Waals surface area contributed by atoms with Crippen molar-refractivity contribution >= 4 is 5.95 Å². The second-order valence-electron chi connectivity index (χ2n) is 4.28. The van der Waals surface area contributed by atoms with Gasteiger partial charge in [0.25, 0.3) is 0 Å². The van der Waals surface area contributed by atoms with Gasteiger partial charge in [-0.2, -0.15) is 15.0 Å². The van der Waals surface area contributed by atoms with Crippen molar-refractivity contribution in [3.8, 4) is 12.0 Å². The van der Waals surface area contributed by atoms with Crippen molar-refractivity contribution in [2.75, 3.05) is 12.3 Å². The van der Waals surface area contributed by atoms with Crippen LogP contribution in [0.15, 0.2) is 18.7 Å². The van der Waals surface area contributed by atoms with Crippen LogP contribution in [0.1, 0.15) is 20.3 Å². The minimum Gasteiger partial charge on any atom is -0.463 e. The van der Waals surface area contributed by atoms with Crippen molar-refractivity contribution in [2.45, 2.75) is 20.3 Å². The number of nitrogens with zero attached hydrogens (tertiary/aromatic N) is 5. The van der Waals surface area contributed by atoms with Crippen molar-refractivity contribution in [3.05, 3.63) is 18.7 Å². The molecule has 7 heteroatoms. The Bertz CT molecular complexity index is 496. The molecule has 0 radical (unpaired) electrons. The summed E-state index contributed by atoms with van der Waals surface area (Å²) in [6.45, 7) is 4.81. The summed E-state index contributed by atoms with van der Waals surface area (Å²) in [6.07, 6.45) is 5.89. The van der Waals surface area contributed by atoms with E-state index in [9.17, 15) is 0 Å². The quantitative estimate of drug-likeness (QED) is 0.850. The number of rotatable bonds is 5. The van der Waals surface area contributed by atoms with E-state index in [0.717, 1.165) is 6.42 Å². The van der Waals surface area contributed by atoms with Crippen LogP contribution in [-0.4, -0.2) is 31.1 Å². The molecule has 96 valence electrons. The largest absolute Gasteiger partial charge is 0.463 e. The Morgan fingerprint density at radius 3 is 2.83 bits per heavy atom. The molecule has 0 fully saturated rings. The SMILES string of the molecule is CC(C)CCOc1nc(N)nc(-n2ccnc2)n1. The number of imidazole rings is 1. The predicted molar refractivity (Wildman–Crippen MR) is 66.3 cm³/mol. The van der Waals surface area contributed by atoms with Crippen molar-refractivity contribution in [1.29, 1.82) is 0 Å². The Labute approximate surface area is 105 Å². The van der Waals surface area contributed by atoms with Crippen LogP contribution >= 0.6 is 0 Å². The number of aromatic nitrogens is 5. The molecule has 2 heterocycles. The number of hydrogen-bond acceptors (Lipinski definition) is 6. The number of anilines is 1. The average molecular weight is 248 g/mol. The maximum atomic E-state index is 5.62. The highest BCUT2D eigenvalue weighted by atomic mass is 16.5. The van der Waals surface area contributed by atoms with Crippen LogP contribution < -0.4 is 10.5 Å². The number of nitrogen functional groups attached to an aromatic ring is 1. The molecule has 0 aliphatic rings. The molecule has 0 saturated heterocycles. The Balaban J connectivity index is 2.12. The van der Waals surface area contributed by atoms with E-state index in [0.29, 0.717) is 18.5 Å². The zero-order valence-electron chi connectivity index (χ0n) is 10.4. The summed E-state index contributed by atoms with van der Waals surface area (Å²) in [5.74, 6) is 1.10. The minimum absolute atomic E-state index is 0.133. The Kier molecular flexibility index (Phi) is 3.71. The van der Waals surface area contributed by atoms with E-state index in [-0.39, 0.29) is 12.0 Å². The van der Waals surface area contributed by atoms with E-state index in [1.807, 2.05) is 0 Å². The van der Waals surface area contributed by atoms with Gasteiger partial charge in [0.2, 0.25) is 11.9 Å². The summed E-state index contributed by atoms with van der Waals surface area (Å²) in [4.78, 5) is 16.1. The lowest BCUT2D eigenvalue weighted by molar-refractivity contribution is 0.268. The first kappa shape index (κ1) is 12.3. The maximum absolute atomic E-state index is 5.62. The fourth-order valence-electron chi connectivity index (χ4n) is 1.30. The van der Waals surface area contributed by atoms with Crippen LogP contribution in [0.5, 0.6) is 6.01 Å². The summed E-state index contributed by atoms with van der Waals surface area (Å²) in [7, 11) is 0. The smallest absolute Gasteiger partial charge is 0.323 e. The molecule has 0 aromatic carbocycles. The van der Waals surface area contributed by atoms with Crippen LogP contribution in [0.25, 0.3) is 5.95 Å². The molecule has 0 aliphatic heterocycles. The van der Waals surface area contributed by atoms with Gasteiger partial charge in [0.1, 0.15) is 6.33 Å². The van der Waals surface area contributed by atoms with Gasteiger partial charge < -0.3 is 10.5 Å². The third kappa shape index (κ3) is 3.16. The van der Waals surface area contributed by atoms with Crippen molar-refractivity contribution in [3.63, 3.8) is 0 Å². The van der Waals surface area contributed by atoms with Gasteiger partial charge in [0, 0.05) is 12.4 Å². The first-order valence-electron chi connectivity index (χ1n) is 5.78. The molecular weight excluding hydrogens is 232 g/mol. The van der Waals surface area contributed by atoms with Crippen LogP contribution in [0.2, 0.25) is 0 Å². The second kappa shape index (κ2) is 5.44. The van der Waals surface area contributed by atoms with E-state index in [2.05, 4.69) is 33.8 Å². The van der Waals surface area contributed by atoms with Crippen LogP contribution in [-0.2, 0) is 0 Å². The summed E-state index contributed by atoms with van der Waals surface area (Å²) >= 11 is 0. The van der Waals surface area contributed by atoms with Gasteiger partial charge in [-0.15, -0.1) is 0 Å².